The Morgan fingerprint density at radius 2 is 2.15 bits per heavy atom. The van der Waals surface area contributed by atoms with Crippen molar-refractivity contribution in [2.75, 3.05) is 36.2 Å². The normalized spacial score (nSPS) is 17.4. The van der Waals surface area contributed by atoms with Gasteiger partial charge >= 0.3 is 6.09 Å². The topological polar surface area (TPSA) is 92.8 Å². The summed E-state index contributed by atoms with van der Waals surface area (Å²) >= 11 is 1.50. The van der Waals surface area contributed by atoms with Crippen LogP contribution in [0.4, 0.5) is 16.2 Å². The standard InChI is InChI=1S/C25H26N4O4S/c1-32-18-5-6-21-20(12-18)16(8-10-27-21)13-26-9-2-3-19-14-29(25(31)33-19)17-4-7-23-22(11-17)28-24(30)15-34-23/h4-8,10-12,19,26H,2-3,9,13-15H2,1H3,(H,28,30)/t19-/m1/s1. The Morgan fingerprint density at radius 1 is 1.24 bits per heavy atom. The average Bonchev–Trinajstić information content (AvgIpc) is 3.23. The van der Waals surface area contributed by atoms with Gasteiger partial charge in [-0.2, -0.15) is 0 Å². The predicted molar refractivity (Wildman–Crippen MR) is 133 cm³/mol. The molecule has 2 aromatic carbocycles. The number of anilines is 2. The van der Waals surface area contributed by atoms with Gasteiger partial charge in [-0.25, -0.2) is 4.79 Å². The second-order valence-electron chi connectivity index (χ2n) is 8.31. The fourth-order valence-corrected chi connectivity index (χ4v) is 5.05. The highest BCUT2D eigenvalue weighted by atomic mass is 32.2. The van der Waals surface area contributed by atoms with Crippen molar-refractivity contribution >= 4 is 46.0 Å². The Morgan fingerprint density at radius 3 is 3.03 bits per heavy atom. The van der Waals surface area contributed by atoms with Crippen LogP contribution in [0.5, 0.6) is 5.75 Å². The first-order valence-corrected chi connectivity index (χ1v) is 12.3. The van der Waals surface area contributed by atoms with E-state index in [1.807, 2.05) is 48.7 Å². The summed E-state index contributed by atoms with van der Waals surface area (Å²) in [5.41, 5.74) is 3.60. The van der Waals surface area contributed by atoms with Gasteiger partial charge in [-0.1, -0.05) is 0 Å². The molecule has 1 atom stereocenters. The number of nitrogens with zero attached hydrogens (tertiary/aromatic N) is 2. The maximum atomic E-state index is 12.4. The first-order valence-electron chi connectivity index (χ1n) is 11.3. The molecule has 0 bridgehead atoms. The number of amides is 2. The summed E-state index contributed by atoms with van der Waals surface area (Å²) in [6.45, 7) is 2.04. The fraction of sp³-hybridized carbons (Fsp3) is 0.320. The van der Waals surface area contributed by atoms with Gasteiger partial charge in [0, 0.05) is 28.7 Å². The highest BCUT2D eigenvalue weighted by Gasteiger charge is 2.32. The predicted octanol–water partition coefficient (Wildman–Crippen LogP) is 4.18. The molecule has 0 aliphatic carbocycles. The highest BCUT2D eigenvalue weighted by molar-refractivity contribution is 8.00. The largest absolute Gasteiger partial charge is 0.497 e. The van der Waals surface area contributed by atoms with Crippen molar-refractivity contribution in [1.29, 1.82) is 0 Å². The van der Waals surface area contributed by atoms with Crippen LogP contribution in [0.2, 0.25) is 0 Å². The van der Waals surface area contributed by atoms with Crippen molar-refractivity contribution < 1.29 is 19.1 Å². The molecule has 9 heteroatoms. The number of carbonyl (C=O) groups is 2. The number of fused-ring (bicyclic) bond motifs is 2. The molecule has 34 heavy (non-hydrogen) atoms. The maximum Gasteiger partial charge on any atom is 0.414 e. The lowest BCUT2D eigenvalue weighted by Crippen LogP contribution is -2.25. The Bertz CT molecular complexity index is 1230. The molecule has 2 aliphatic rings. The minimum Gasteiger partial charge on any atom is -0.497 e. The molecule has 176 valence electrons. The highest BCUT2D eigenvalue weighted by Crippen LogP contribution is 2.35. The third kappa shape index (κ3) is 4.80. The van der Waals surface area contributed by atoms with Crippen molar-refractivity contribution in [1.82, 2.24) is 10.3 Å². The van der Waals surface area contributed by atoms with Crippen LogP contribution in [-0.4, -0.2) is 49.0 Å². The maximum absolute atomic E-state index is 12.4. The minimum absolute atomic E-state index is 0.0251. The molecule has 2 aliphatic heterocycles. The number of thioether (sulfide) groups is 1. The van der Waals surface area contributed by atoms with Crippen molar-refractivity contribution in [3.05, 3.63) is 54.2 Å². The van der Waals surface area contributed by atoms with Crippen LogP contribution in [-0.2, 0) is 16.1 Å². The molecule has 5 rings (SSSR count). The van der Waals surface area contributed by atoms with E-state index in [1.54, 1.807) is 12.0 Å². The number of aromatic nitrogens is 1. The number of hydrogen-bond acceptors (Lipinski definition) is 7. The number of ether oxygens (including phenoxy) is 2. The van der Waals surface area contributed by atoms with E-state index in [2.05, 4.69) is 15.6 Å². The zero-order valence-corrected chi connectivity index (χ0v) is 19.7. The van der Waals surface area contributed by atoms with Crippen molar-refractivity contribution in [2.45, 2.75) is 30.4 Å². The summed E-state index contributed by atoms with van der Waals surface area (Å²) in [4.78, 5) is 31.2. The molecule has 8 nitrogen and oxygen atoms in total. The number of carbonyl (C=O) groups excluding carboxylic acids is 2. The van der Waals surface area contributed by atoms with Crippen LogP contribution < -0.4 is 20.3 Å². The van der Waals surface area contributed by atoms with Crippen LogP contribution >= 0.6 is 11.8 Å². The van der Waals surface area contributed by atoms with Crippen molar-refractivity contribution in [3.8, 4) is 5.75 Å². The zero-order chi connectivity index (χ0) is 23.5. The van der Waals surface area contributed by atoms with Gasteiger partial charge in [0.2, 0.25) is 5.91 Å². The van der Waals surface area contributed by atoms with E-state index in [4.69, 9.17) is 9.47 Å². The van der Waals surface area contributed by atoms with Crippen LogP contribution in [0.15, 0.2) is 53.6 Å². The number of methoxy groups -OCH3 is 1. The average molecular weight is 479 g/mol. The first-order chi connectivity index (χ1) is 16.6. The van der Waals surface area contributed by atoms with E-state index in [0.717, 1.165) is 58.9 Å². The van der Waals surface area contributed by atoms with Gasteiger partial charge in [-0.05, 0) is 67.4 Å². The smallest absolute Gasteiger partial charge is 0.414 e. The number of hydrogen-bond donors (Lipinski definition) is 2. The van der Waals surface area contributed by atoms with E-state index >= 15 is 0 Å². The van der Waals surface area contributed by atoms with Crippen LogP contribution in [0, 0.1) is 0 Å². The number of pyridine rings is 1. The molecule has 0 unspecified atom stereocenters. The summed E-state index contributed by atoms with van der Waals surface area (Å²) < 4.78 is 10.9. The number of nitrogens with one attached hydrogen (secondary N) is 2. The van der Waals surface area contributed by atoms with E-state index in [9.17, 15) is 9.59 Å². The Balaban J connectivity index is 1.12. The van der Waals surface area contributed by atoms with Gasteiger partial charge in [-0.15, -0.1) is 11.8 Å². The van der Waals surface area contributed by atoms with Crippen LogP contribution in [0.25, 0.3) is 10.9 Å². The summed E-state index contributed by atoms with van der Waals surface area (Å²) in [5.74, 6) is 1.21. The van der Waals surface area contributed by atoms with E-state index in [-0.39, 0.29) is 18.1 Å². The lowest BCUT2D eigenvalue weighted by atomic mass is 10.1. The Labute approximate surface area is 202 Å². The molecule has 0 saturated carbocycles. The quantitative estimate of drug-likeness (QED) is 0.469. The molecule has 0 radical (unpaired) electrons. The molecule has 2 amide bonds. The molecule has 1 saturated heterocycles. The van der Waals surface area contributed by atoms with E-state index < -0.39 is 0 Å². The zero-order valence-electron chi connectivity index (χ0n) is 18.9. The number of rotatable bonds is 8. The second kappa shape index (κ2) is 9.90. The van der Waals surface area contributed by atoms with Gasteiger partial charge in [0.1, 0.15) is 11.9 Å². The lowest BCUT2D eigenvalue weighted by molar-refractivity contribution is -0.113. The monoisotopic (exact) mass is 478 g/mol. The number of benzene rings is 2. The molecular weight excluding hydrogens is 452 g/mol. The van der Waals surface area contributed by atoms with E-state index in [1.165, 1.54) is 17.3 Å². The molecule has 1 aromatic heterocycles. The van der Waals surface area contributed by atoms with E-state index in [0.29, 0.717) is 12.3 Å². The van der Waals surface area contributed by atoms with Gasteiger partial charge in [0.05, 0.1) is 30.6 Å². The third-order valence-electron chi connectivity index (χ3n) is 6.02. The third-order valence-corrected chi connectivity index (χ3v) is 7.09. The fourth-order valence-electron chi connectivity index (χ4n) is 4.26. The number of cyclic esters (lactones) is 1. The molecule has 3 aromatic rings. The van der Waals surface area contributed by atoms with Gasteiger partial charge in [0.25, 0.3) is 0 Å². The van der Waals surface area contributed by atoms with Crippen molar-refractivity contribution in [2.24, 2.45) is 0 Å². The molecular formula is C25H26N4O4S. The summed E-state index contributed by atoms with van der Waals surface area (Å²) in [5, 5.41) is 7.43. The SMILES string of the molecule is COc1ccc2nccc(CNCCC[C@@H]3CN(c4ccc5c(c4)NC(=O)CS5)C(=O)O3)c2c1. The Kier molecular flexibility index (Phi) is 6.55. The van der Waals surface area contributed by atoms with Gasteiger partial charge in [-0.3, -0.25) is 14.7 Å². The Hall–Kier alpha value is -3.30. The lowest BCUT2D eigenvalue weighted by Gasteiger charge is -2.20. The molecule has 0 spiro atoms. The van der Waals surface area contributed by atoms with Gasteiger partial charge in [0.15, 0.2) is 0 Å². The summed E-state index contributed by atoms with van der Waals surface area (Å²) in [7, 11) is 1.66. The molecule has 2 N–H and O–H groups in total. The molecule has 1 fully saturated rings. The summed E-state index contributed by atoms with van der Waals surface area (Å²) in [6, 6.07) is 13.6. The van der Waals surface area contributed by atoms with Crippen molar-refractivity contribution in [3.63, 3.8) is 0 Å². The minimum atomic E-state index is -0.343. The first kappa shape index (κ1) is 22.5. The molecule has 3 heterocycles. The summed E-state index contributed by atoms with van der Waals surface area (Å²) in [6.07, 6.45) is 2.99. The van der Waals surface area contributed by atoms with Crippen LogP contribution in [0.3, 0.4) is 0 Å². The van der Waals surface area contributed by atoms with Gasteiger partial charge < -0.3 is 20.1 Å². The van der Waals surface area contributed by atoms with Crippen LogP contribution in [0.1, 0.15) is 18.4 Å². The second-order valence-corrected chi connectivity index (χ2v) is 9.32.